The van der Waals surface area contributed by atoms with Crippen molar-refractivity contribution in [2.45, 2.75) is 6.92 Å². The first-order valence-electron chi connectivity index (χ1n) is 8.71. The summed E-state index contributed by atoms with van der Waals surface area (Å²) in [6.45, 7) is 1.44. The van der Waals surface area contributed by atoms with E-state index in [9.17, 15) is 9.59 Å². The zero-order valence-electron chi connectivity index (χ0n) is 15.5. The van der Waals surface area contributed by atoms with Crippen LogP contribution in [-0.4, -0.2) is 22.8 Å². The van der Waals surface area contributed by atoms with Gasteiger partial charge >= 0.3 is 5.97 Å². The number of esters is 1. The van der Waals surface area contributed by atoms with Crippen molar-refractivity contribution in [3.8, 4) is 0 Å². The molecular weight excluding hydrogens is 445 g/mol. The largest absolute Gasteiger partial charge is 0.402 e. The van der Waals surface area contributed by atoms with Gasteiger partial charge in [0.15, 0.2) is 10.8 Å². The van der Waals surface area contributed by atoms with E-state index in [0.29, 0.717) is 32.1 Å². The Labute approximate surface area is 186 Å². The smallest absolute Gasteiger partial charge is 0.363 e. The second-order valence-corrected chi connectivity index (χ2v) is 7.89. The van der Waals surface area contributed by atoms with Crippen LogP contribution in [0.15, 0.2) is 64.6 Å². The van der Waals surface area contributed by atoms with E-state index in [1.165, 1.54) is 29.2 Å². The maximum atomic E-state index is 12.2. The molecule has 0 N–H and O–H groups in total. The van der Waals surface area contributed by atoms with Crippen LogP contribution in [0.25, 0.3) is 6.08 Å². The minimum atomic E-state index is -0.599. The number of hydrogen-bond acceptors (Lipinski definition) is 6. The van der Waals surface area contributed by atoms with Crippen LogP contribution >= 0.6 is 34.5 Å². The number of cyclic esters (lactones) is 1. The normalized spacial score (nSPS) is 14.6. The number of benzene rings is 2. The first kappa shape index (κ1) is 20.3. The van der Waals surface area contributed by atoms with Gasteiger partial charge < -0.3 is 4.74 Å². The molecule has 2 heterocycles. The molecule has 0 atom stereocenters. The molecule has 1 aliphatic heterocycles. The van der Waals surface area contributed by atoms with Crippen molar-refractivity contribution in [1.29, 1.82) is 0 Å². The van der Waals surface area contributed by atoms with Crippen molar-refractivity contribution >= 4 is 69.2 Å². The summed E-state index contributed by atoms with van der Waals surface area (Å²) in [7, 11) is 0. The Morgan fingerprint density at radius 2 is 1.97 bits per heavy atom. The number of anilines is 2. The summed E-state index contributed by atoms with van der Waals surface area (Å²) in [5, 5.41) is 3.10. The molecule has 3 aromatic rings. The molecule has 1 aromatic heterocycles. The average molecular weight is 458 g/mol. The fraction of sp³-hybridized carbons (Fsp3) is 0.0476. The van der Waals surface area contributed by atoms with Crippen LogP contribution in [0.1, 0.15) is 18.2 Å². The molecule has 0 fully saturated rings. The predicted molar refractivity (Wildman–Crippen MR) is 118 cm³/mol. The second-order valence-electron chi connectivity index (χ2n) is 6.21. The molecule has 1 aliphatic rings. The topological polar surface area (TPSA) is 71.9 Å². The van der Waals surface area contributed by atoms with Crippen molar-refractivity contribution in [2.24, 2.45) is 4.99 Å². The van der Waals surface area contributed by atoms with Crippen molar-refractivity contribution in [1.82, 2.24) is 4.98 Å². The van der Waals surface area contributed by atoms with E-state index in [2.05, 4.69) is 9.98 Å². The van der Waals surface area contributed by atoms with E-state index in [-0.39, 0.29) is 17.5 Å². The molecule has 0 spiro atoms. The van der Waals surface area contributed by atoms with Crippen LogP contribution < -0.4 is 4.90 Å². The van der Waals surface area contributed by atoms with Crippen LogP contribution in [0.4, 0.5) is 10.8 Å². The maximum Gasteiger partial charge on any atom is 0.363 e. The molecule has 1 amide bonds. The lowest BCUT2D eigenvalue weighted by Gasteiger charge is -2.18. The summed E-state index contributed by atoms with van der Waals surface area (Å²) in [4.78, 5) is 34.6. The summed E-state index contributed by atoms with van der Waals surface area (Å²) in [5.41, 5.74) is 1.69. The summed E-state index contributed by atoms with van der Waals surface area (Å²) < 4.78 is 5.24. The number of thiazole rings is 1. The van der Waals surface area contributed by atoms with Crippen molar-refractivity contribution in [3.05, 3.63) is 80.9 Å². The Morgan fingerprint density at radius 3 is 2.70 bits per heavy atom. The minimum absolute atomic E-state index is 0.0962. The quantitative estimate of drug-likeness (QED) is 0.384. The van der Waals surface area contributed by atoms with Crippen molar-refractivity contribution in [3.63, 3.8) is 0 Å². The van der Waals surface area contributed by atoms with Gasteiger partial charge in [-0.1, -0.05) is 41.4 Å². The highest BCUT2D eigenvalue weighted by Gasteiger charge is 2.26. The highest BCUT2D eigenvalue weighted by atomic mass is 35.5. The molecule has 0 aliphatic carbocycles. The molecule has 0 saturated heterocycles. The Morgan fingerprint density at radius 1 is 1.17 bits per heavy atom. The first-order chi connectivity index (χ1) is 14.4. The lowest BCUT2D eigenvalue weighted by Crippen LogP contribution is -2.22. The second kappa shape index (κ2) is 8.39. The van der Waals surface area contributed by atoms with Gasteiger partial charge in [-0.2, -0.15) is 0 Å². The van der Waals surface area contributed by atoms with E-state index in [1.54, 1.807) is 53.9 Å². The van der Waals surface area contributed by atoms with Gasteiger partial charge in [0.05, 0.1) is 22.0 Å². The van der Waals surface area contributed by atoms with E-state index in [0.717, 1.165) is 0 Å². The molecule has 4 rings (SSSR count). The number of carbonyl (C=O) groups excluding carboxylic acids is 2. The zero-order valence-corrected chi connectivity index (χ0v) is 17.8. The van der Waals surface area contributed by atoms with Crippen molar-refractivity contribution in [2.75, 3.05) is 4.90 Å². The Bertz CT molecular complexity index is 1220. The fourth-order valence-corrected chi connectivity index (χ4v) is 4.03. The number of amides is 1. The molecule has 2 aromatic carbocycles. The maximum absolute atomic E-state index is 12.2. The third kappa shape index (κ3) is 4.14. The molecule has 6 nitrogen and oxygen atoms in total. The highest BCUT2D eigenvalue weighted by molar-refractivity contribution is 7.14. The van der Waals surface area contributed by atoms with E-state index >= 15 is 0 Å². The summed E-state index contributed by atoms with van der Waals surface area (Å²) >= 11 is 13.5. The van der Waals surface area contributed by atoms with Crippen LogP contribution in [0.5, 0.6) is 0 Å². The van der Waals surface area contributed by atoms with Gasteiger partial charge in [0.2, 0.25) is 11.8 Å². The highest BCUT2D eigenvalue weighted by Crippen LogP contribution is 2.31. The number of nitrogens with zero attached hydrogens (tertiary/aromatic N) is 3. The van der Waals surface area contributed by atoms with E-state index in [4.69, 9.17) is 27.9 Å². The van der Waals surface area contributed by atoms with Gasteiger partial charge in [-0.15, -0.1) is 11.3 Å². The first-order valence-corrected chi connectivity index (χ1v) is 10.3. The zero-order chi connectivity index (χ0) is 21.3. The van der Waals surface area contributed by atoms with Gasteiger partial charge in [-0.25, -0.2) is 14.8 Å². The molecule has 0 unspecified atom stereocenters. The van der Waals surface area contributed by atoms with Crippen LogP contribution in [0.2, 0.25) is 10.0 Å². The van der Waals surface area contributed by atoms with Gasteiger partial charge in [0.25, 0.3) is 0 Å². The van der Waals surface area contributed by atoms with Crippen molar-refractivity contribution < 1.29 is 14.3 Å². The molecule has 0 bridgehead atoms. The Balaban J connectivity index is 1.65. The summed E-state index contributed by atoms with van der Waals surface area (Å²) in [6.07, 6.45) is 1.50. The fourth-order valence-electron chi connectivity index (χ4n) is 2.79. The molecule has 0 radical (unpaired) electrons. The third-order valence-electron chi connectivity index (χ3n) is 4.09. The van der Waals surface area contributed by atoms with E-state index < -0.39 is 5.97 Å². The van der Waals surface area contributed by atoms with Gasteiger partial charge in [0.1, 0.15) is 0 Å². The SMILES string of the molecule is CC(=O)N(c1cccc(Cl)c1)c1nc(/C=C2/N=C(c3ccccc3Cl)OC2=O)cs1. The van der Waals surface area contributed by atoms with Crippen LogP contribution in [0.3, 0.4) is 0 Å². The average Bonchev–Trinajstić information content (AvgIpc) is 3.29. The van der Waals surface area contributed by atoms with E-state index in [1.807, 2.05) is 0 Å². The number of aromatic nitrogens is 1. The lowest BCUT2D eigenvalue weighted by molar-refractivity contribution is -0.130. The van der Waals surface area contributed by atoms with Crippen LogP contribution in [-0.2, 0) is 14.3 Å². The number of rotatable bonds is 4. The van der Waals surface area contributed by atoms with Gasteiger partial charge in [-0.05, 0) is 36.4 Å². The Kier molecular flexibility index (Phi) is 5.67. The number of hydrogen-bond donors (Lipinski definition) is 0. The monoisotopic (exact) mass is 457 g/mol. The number of aliphatic imine (C=N–C) groups is 1. The number of carbonyl (C=O) groups is 2. The molecule has 150 valence electrons. The third-order valence-corrected chi connectivity index (χ3v) is 5.50. The molecule has 9 heteroatoms. The van der Waals surface area contributed by atoms with Crippen LogP contribution in [0, 0.1) is 0 Å². The number of ether oxygens (including phenoxy) is 1. The lowest BCUT2D eigenvalue weighted by atomic mass is 10.2. The molecule has 0 saturated carbocycles. The molecular formula is C21H13Cl2N3O3S. The molecule has 30 heavy (non-hydrogen) atoms. The summed E-state index contributed by atoms with van der Waals surface area (Å²) in [5.74, 6) is -0.681. The summed E-state index contributed by atoms with van der Waals surface area (Å²) in [6, 6.07) is 13.9. The standard InChI is InChI=1S/C21H13Cl2N3O3S/c1-12(27)26(15-6-4-5-13(22)9-15)21-24-14(11-30-21)10-18-20(28)29-19(25-18)16-7-2-3-8-17(16)23/h2-11H,1H3/b18-10+. The Hall–Kier alpha value is -3.00. The number of halogens is 2. The van der Waals surface area contributed by atoms with Gasteiger partial charge in [0, 0.05) is 17.3 Å². The van der Waals surface area contributed by atoms with Gasteiger partial charge in [-0.3, -0.25) is 9.69 Å². The minimum Gasteiger partial charge on any atom is -0.402 e. The predicted octanol–water partition coefficient (Wildman–Crippen LogP) is 5.48.